The number of nitrogens with one attached hydrogen (secondary N) is 1. The summed E-state index contributed by atoms with van der Waals surface area (Å²) in [4.78, 5) is 0. The fourth-order valence-corrected chi connectivity index (χ4v) is 1.37. The quantitative estimate of drug-likeness (QED) is 0.821. The third-order valence-corrected chi connectivity index (χ3v) is 2.36. The van der Waals surface area contributed by atoms with Crippen LogP contribution in [-0.2, 0) is 6.18 Å². The third kappa shape index (κ3) is 3.86. The zero-order chi connectivity index (χ0) is 11.5. The molecular weight excluding hydrogens is 227 g/mol. The predicted molar refractivity (Wildman–Crippen MR) is 52.8 cm³/mol. The van der Waals surface area contributed by atoms with Gasteiger partial charge >= 0.3 is 6.18 Å². The van der Waals surface area contributed by atoms with Gasteiger partial charge in [-0.1, -0.05) is 23.0 Å². The standard InChI is InChI=1S/C8H10F3N3S/c1-5(2)3-4-12-7-14-13-6(15-7)8(9,10)11/h3H,4H2,1-2H3,(H,12,14). The van der Waals surface area contributed by atoms with Gasteiger partial charge in [0, 0.05) is 6.54 Å². The molecule has 1 heterocycles. The van der Waals surface area contributed by atoms with Crippen molar-refractivity contribution in [3.8, 4) is 0 Å². The van der Waals surface area contributed by atoms with Gasteiger partial charge in [0.1, 0.15) is 0 Å². The van der Waals surface area contributed by atoms with Gasteiger partial charge in [0.05, 0.1) is 0 Å². The van der Waals surface area contributed by atoms with E-state index >= 15 is 0 Å². The summed E-state index contributed by atoms with van der Waals surface area (Å²) in [7, 11) is 0. The van der Waals surface area contributed by atoms with Crippen molar-refractivity contribution in [3.63, 3.8) is 0 Å². The van der Waals surface area contributed by atoms with Gasteiger partial charge in [0.15, 0.2) is 0 Å². The number of allylic oxidation sites excluding steroid dienone is 1. The molecule has 0 radical (unpaired) electrons. The highest BCUT2D eigenvalue weighted by atomic mass is 32.1. The Labute approximate surface area is 89.0 Å². The van der Waals surface area contributed by atoms with Crippen LogP contribution in [0.4, 0.5) is 18.3 Å². The Balaban J connectivity index is 2.58. The van der Waals surface area contributed by atoms with Crippen molar-refractivity contribution in [1.82, 2.24) is 10.2 Å². The van der Waals surface area contributed by atoms with Crippen molar-refractivity contribution in [2.75, 3.05) is 11.9 Å². The molecule has 84 valence electrons. The van der Waals surface area contributed by atoms with Crippen LogP contribution in [-0.4, -0.2) is 16.7 Å². The summed E-state index contributed by atoms with van der Waals surface area (Å²) < 4.78 is 36.4. The molecule has 0 aromatic carbocycles. The highest BCUT2D eigenvalue weighted by molar-refractivity contribution is 7.15. The fourth-order valence-electron chi connectivity index (χ4n) is 0.752. The van der Waals surface area contributed by atoms with Crippen molar-refractivity contribution >= 4 is 16.5 Å². The first-order valence-corrected chi connectivity index (χ1v) is 4.99. The van der Waals surface area contributed by atoms with E-state index < -0.39 is 11.2 Å². The molecule has 7 heteroatoms. The molecule has 0 aliphatic carbocycles. The second-order valence-electron chi connectivity index (χ2n) is 3.07. The van der Waals surface area contributed by atoms with Gasteiger partial charge in [-0.25, -0.2) is 0 Å². The van der Waals surface area contributed by atoms with Crippen molar-refractivity contribution in [1.29, 1.82) is 0 Å². The molecule has 0 fully saturated rings. The number of hydrogen-bond acceptors (Lipinski definition) is 4. The molecule has 1 rings (SSSR count). The normalized spacial score (nSPS) is 11.3. The average molecular weight is 237 g/mol. The number of nitrogens with zero attached hydrogens (tertiary/aromatic N) is 2. The minimum Gasteiger partial charge on any atom is -0.357 e. The van der Waals surface area contributed by atoms with Gasteiger partial charge in [0.2, 0.25) is 10.1 Å². The zero-order valence-corrected chi connectivity index (χ0v) is 9.04. The molecule has 0 bridgehead atoms. The molecule has 0 amide bonds. The van der Waals surface area contributed by atoms with Gasteiger partial charge in [-0.15, -0.1) is 10.2 Å². The minimum absolute atomic E-state index is 0.180. The van der Waals surface area contributed by atoms with Crippen LogP contribution >= 0.6 is 11.3 Å². The van der Waals surface area contributed by atoms with E-state index in [-0.39, 0.29) is 5.13 Å². The van der Waals surface area contributed by atoms with E-state index in [1.54, 1.807) is 0 Å². The summed E-state index contributed by atoms with van der Waals surface area (Å²) in [6, 6.07) is 0. The molecule has 0 aliphatic rings. The summed E-state index contributed by atoms with van der Waals surface area (Å²) in [5.41, 5.74) is 1.09. The van der Waals surface area contributed by atoms with E-state index in [0.717, 1.165) is 5.57 Å². The summed E-state index contributed by atoms with van der Waals surface area (Å²) in [5.74, 6) is 0. The Bertz CT molecular complexity index is 352. The third-order valence-electron chi connectivity index (χ3n) is 1.43. The molecule has 0 saturated heterocycles. The second-order valence-corrected chi connectivity index (χ2v) is 4.05. The Hall–Kier alpha value is -1.11. The molecule has 1 aromatic rings. The van der Waals surface area contributed by atoms with Crippen LogP contribution in [0.25, 0.3) is 0 Å². The molecule has 0 aliphatic heterocycles. The van der Waals surface area contributed by atoms with Gasteiger partial charge in [0.25, 0.3) is 0 Å². The van der Waals surface area contributed by atoms with Crippen LogP contribution < -0.4 is 5.32 Å². The smallest absolute Gasteiger partial charge is 0.357 e. The maximum atomic E-state index is 12.1. The largest absolute Gasteiger partial charge is 0.445 e. The highest BCUT2D eigenvalue weighted by Crippen LogP contribution is 2.32. The SMILES string of the molecule is CC(C)=CCNc1nnc(C(F)(F)F)s1. The Morgan fingerprint density at radius 3 is 2.53 bits per heavy atom. The van der Waals surface area contributed by atoms with Crippen LogP contribution in [0.1, 0.15) is 18.9 Å². The second kappa shape index (κ2) is 4.61. The predicted octanol–water partition coefficient (Wildman–Crippen LogP) is 2.94. The molecule has 0 saturated carbocycles. The van der Waals surface area contributed by atoms with E-state index in [1.165, 1.54) is 0 Å². The number of halogens is 3. The maximum Gasteiger partial charge on any atom is 0.445 e. The maximum absolute atomic E-state index is 12.1. The summed E-state index contributed by atoms with van der Waals surface area (Å²) >= 11 is 0.504. The molecule has 1 aromatic heterocycles. The molecule has 15 heavy (non-hydrogen) atoms. The van der Waals surface area contributed by atoms with Gasteiger partial charge in [-0.2, -0.15) is 13.2 Å². The first-order valence-electron chi connectivity index (χ1n) is 4.17. The van der Waals surface area contributed by atoms with E-state index in [4.69, 9.17) is 0 Å². The first kappa shape index (κ1) is 12.0. The number of anilines is 1. The topological polar surface area (TPSA) is 37.8 Å². The van der Waals surface area contributed by atoms with Crippen molar-refractivity contribution in [3.05, 3.63) is 16.7 Å². The lowest BCUT2D eigenvalue weighted by molar-refractivity contribution is -0.138. The number of aromatic nitrogens is 2. The number of hydrogen-bond donors (Lipinski definition) is 1. The minimum atomic E-state index is -4.41. The number of alkyl halides is 3. The molecule has 0 atom stereocenters. The van der Waals surface area contributed by atoms with Gasteiger partial charge in [-0.05, 0) is 13.8 Å². The van der Waals surface area contributed by atoms with Crippen LogP contribution in [0.15, 0.2) is 11.6 Å². The van der Waals surface area contributed by atoms with E-state index in [9.17, 15) is 13.2 Å². The van der Waals surface area contributed by atoms with Crippen LogP contribution in [0.3, 0.4) is 0 Å². The van der Waals surface area contributed by atoms with Crippen LogP contribution in [0.5, 0.6) is 0 Å². The molecule has 1 N–H and O–H groups in total. The van der Waals surface area contributed by atoms with E-state index in [2.05, 4.69) is 15.5 Å². The van der Waals surface area contributed by atoms with Crippen molar-refractivity contribution < 1.29 is 13.2 Å². The molecule has 0 spiro atoms. The monoisotopic (exact) mass is 237 g/mol. The first-order chi connectivity index (χ1) is 6.89. The Morgan fingerprint density at radius 1 is 1.40 bits per heavy atom. The average Bonchev–Trinajstić information content (AvgIpc) is 2.51. The van der Waals surface area contributed by atoms with Gasteiger partial charge in [-0.3, -0.25) is 0 Å². The van der Waals surface area contributed by atoms with Crippen molar-refractivity contribution in [2.24, 2.45) is 0 Å². The highest BCUT2D eigenvalue weighted by Gasteiger charge is 2.35. The lowest BCUT2D eigenvalue weighted by Gasteiger charge is -1.98. The Morgan fingerprint density at radius 2 is 2.07 bits per heavy atom. The molecule has 0 unspecified atom stereocenters. The summed E-state index contributed by atoms with van der Waals surface area (Å²) in [6.07, 6.45) is -2.55. The zero-order valence-electron chi connectivity index (χ0n) is 8.22. The number of rotatable bonds is 3. The Kier molecular flexibility index (Phi) is 3.67. The molecule has 3 nitrogen and oxygen atoms in total. The van der Waals surface area contributed by atoms with E-state index in [1.807, 2.05) is 19.9 Å². The van der Waals surface area contributed by atoms with Gasteiger partial charge < -0.3 is 5.32 Å². The lowest BCUT2D eigenvalue weighted by atomic mass is 10.3. The fraction of sp³-hybridized carbons (Fsp3) is 0.500. The lowest BCUT2D eigenvalue weighted by Crippen LogP contribution is -2.03. The van der Waals surface area contributed by atoms with Crippen LogP contribution in [0.2, 0.25) is 0 Å². The summed E-state index contributed by atoms with van der Waals surface area (Å²) in [5, 5.41) is 8.42. The van der Waals surface area contributed by atoms with Crippen LogP contribution in [0, 0.1) is 0 Å². The van der Waals surface area contributed by atoms with E-state index in [0.29, 0.717) is 17.9 Å². The molecular formula is C8H10F3N3S. The van der Waals surface area contributed by atoms with Crippen molar-refractivity contribution in [2.45, 2.75) is 20.0 Å². The summed E-state index contributed by atoms with van der Waals surface area (Å²) in [6.45, 7) is 4.26.